The molecule has 47 heavy (non-hydrogen) atoms. The third kappa shape index (κ3) is 9.45. The molecule has 0 aliphatic heterocycles. The molecule has 12 heteroatoms. The van der Waals surface area contributed by atoms with Crippen LogP contribution in [0.4, 0.5) is 0 Å². The molecule has 3 aromatic rings. The van der Waals surface area contributed by atoms with Gasteiger partial charge in [0.05, 0.1) is 24.9 Å². The smallest absolute Gasteiger partial charge is 0.251 e. The van der Waals surface area contributed by atoms with Crippen molar-refractivity contribution < 1.29 is 39.8 Å². The van der Waals surface area contributed by atoms with Gasteiger partial charge >= 0.3 is 0 Å². The summed E-state index contributed by atoms with van der Waals surface area (Å²) in [5.74, 6) is 0.891. The van der Waals surface area contributed by atoms with Crippen molar-refractivity contribution >= 4 is 29.3 Å². The number of unbranched alkanes of at least 4 members (excludes halogenated alkanes) is 2. The molecular formula is C35H43ClN2O8S. The van der Waals surface area contributed by atoms with Crippen molar-refractivity contribution in [2.75, 3.05) is 18.9 Å². The predicted octanol–water partition coefficient (Wildman–Crippen LogP) is 3.96. The summed E-state index contributed by atoms with van der Waals surface area (Å²) in [6.45, 7) is -0.151. The van der Waals surface area contributed by atoms with Crippen molar-refractivity contribution in [3.8, 4) is 16.9 Å². The zero-order valence-corrected chi connectivity index (χ0v) is 27.7. The molecule has 1 amide bonds. The maximum atomic E-state index is 12.1. The Balaban J connectivity index is 1.08. The third-order valence-electron chi connectivity index (χ3n) is 8.44. The molecule has 1 aromatic heterocycles. The van der Waals surface area contributed by atoms with E-state index >= 15 is 0 Å². The number of carbonyl (C=O) groups is 1. The summed E-state index contributed by atoms with van der Waals surface area (Å²) in [5, 5.41) is 50.8. The largest absolute Gasteiger partial charge is 0.490 e. The number of aromatic nitrogens is 1. The van der Waals surface area contributed by atoms with Crippen LogP contribution in [0.15, 0.2) is 65.8 Å². The highest BCUT2D eigenvalue weighted by Crippen LogP contribution is 2.53. The van der Waals surface area contributed by atoms with E-state index in [1.165, 1.54) is 0 Å². The summed E-state index contributed by atoms with van der Waals surface area (Å²) in [6.07, 6.45) is 3.04. The van der Waals surface area contributed by atoms with E-state index in [4.69, 9.17) is 26.2 Å². The number of halogens is 1. The van der Waals surface area contributed by atoms with Gasteiger partial charge in [0.15, 0.2) is 6.10 Å². The Hall–Kier alpha value is -2.74. The van der Waals surface area contributed by atoms with Crippen LogP contribution in [-0.2, 0) is 21.7 Å². The molecule has 0 unspecified atom stereocenters. The van der Waals surface area contributed by atoms with Gasteiger partial charge in [0.2, 0.25) is 0 Å². The Bertz CT molecular complexity index is 1490. The second kappa shape index (κ2) is 16.6. The molecule has 1 heterocycles. The van der Waals surface area contributed by atoms with Crippen LogP contribution in [0.25, 0.3) is 11.1 Å². The summed E-state index contributed by atoms with van der Waals surface area (Å²) in [4.78, 5) is 17.6. The number of rotatable bonds is 19. The number of thioether (sulfide) groups is 1. The first kappa shape index (κ1) is 35.6. The molecule has 2 fully saturated rings. The normalized spacial score (nSPS) is 17.8. The number of para-hydroxylation sites is 1. The Labute approximate surface area is 284 Å². The molecule has 0 spiro atoms. The SMILES string of the molecule is O=C(NCCCCCSc1ccc(Cl)c(COC2(c3cnccc3-c3ccccc3OC3CC3)CC2)c1)[C@@H](O)[C@@H](O)[C@H](O)[C@@H](O)CO. The Kier molecular flexibility index (Phi) is 12.5. The van der Waals surface area contributed by atoms with Crippen molar-refractivity contribution in [2.45, 2.75) is 92.6 Å². The first-order valence-corrected chi connectivity index (χ1v) is 17.5. The number of aliphatic hydroxyl groups excluding tert-OH is 5. The van der Waals surface area contributed by atoms with Crippen LogP contribution in [-0.4, -0.2) is 85.8 Å². The van der Waals surface area contributed by atoms with Crippen LogP contribution in [0, 0.1) is 0 Å². The van der Waals surface area contributed by atoms with Crippen molar-refractivity contribution in [3.05, 3.63) is 77.1 Å². The summed E-state index contributed by atoms with van der Waals surface area (Å²) in [5.41, 5.74) is 3.69. The summed E-state index contributed by atoms with van der Waals surface area (Å²) < 4.78 is 12.8. The van der Waals surface area contributed by atoms with E-state index in [0.29, 0.717) is 24.2 Å². The van der Waals surface area contributed by atoms with Crippen LogP contribution in [0.1, 0.15) is 56.1 Å². The lowest BCUT2D eigenvalue weighted by atomic mass is 9.96. The Morgan fingerprint density at radius 1 is 1.02 bits per heavy atom. The zero-order chi connectivity index (χ0) is 33.4. The maximum Gasteiger partial charge on any atom is 0.251 e. The predicted molar refractivity (Wildman–Crippen MR) is 179 cm³/mol. The number of nitrogens with zero attached hydrogens (tertiary/aromatic N) is 1. The van der Waals surface area contributed by atoms with E-state index in [1.54, 1.807) is 11.8 Å². The topological polar surface area (TPSA) is 162 Å². The van der Waals surface area contributed by atoms with E-state index in [-0.39, 0.29) is 6.54 Å². The van der Waals surface area contributed by atoms with Gasteiger partial charge in [-0.1, -0.05) is 36.2 Å². The van der Waals surface area contributed by atoms with Crippen LogP contribution in [0.5, 0.6) is 5.75 Å². The number of amides is 1. The van der Waals surface area contributed by atoms with Crippen molar-refractivity contribution in [3.63, 3.8) is 0 Å². The van der Waals surface area contributed by atoms with Crippen LogP contribution < -0.4 is 10.1 Å². The lowest BCUT2D eigenvalue weighted by Crippen LogP contribution is -2.51. The highest BCUT2D eigenvalue weighted by atomic mass is 35.5. The fraction of sp³-hybridized carbons (Fsp3) is 0.486. The first-order chi connectivity index (χ1) is 22.7. The van der Waals surface area contributed by atoms with Gasteiger partial charge in [-0.25, -0.2) is 0 Å². The van der Waals surface area contributed by atoms with E-state index in [2.05, 4.69) is 22.4 Å². The monoisotopic (exact) mass is 686 g/mol. The number of ether oxygens (including phenoxy) is 2. The third-order valence-corrected chi connectivity index (χ3v) is 9.89. The van der Waals surface area contributed by atoms with Gasteiger partial charge in [-0.3, -0.25) is 9.78 Å². The second-order valence-corrected chi connectivity index (χ2v) is 13.7. The average molecular weight is 687 g/mol. The number of hydrogen-bond donors (Lipinski definition) is 6. The van der Waals surface area contributed by atoms with Gasteiger partial charge in [-0.15, -0.1) is 11.8 Å². The van der Waals surface area contributed by atoms with E-state index < -0.39 is 42.5 Å². The quantitative estimate of drug-likeness (QED) is 0.0804. The van der Waals surface area contributed by atoms with Gasteiger partial charge in [-0.05, 0) is 85.7 Å². The number of nitrogens with one attached hydrogen (secondary N) is 1. The van der Waals surface area contributed by atoms with E-state index in [0.717, 1.165) is 77.2 Å². The van der Waals surface area contributed by atoms with Gasteiger partial charge in [-0.2, -0.15) is 0 Å². The van der Waals surface area contributed by atoms with Crippen LogP contribution >= 0.6 is 23.4 Å². The average Bonchev–Trinajstić information content (AvgIpc) is 4.04. The molecule has 4 atom stereocenters. The minimum atomic E-state index is -1.92. The lowest BCUT2D eigenvalue weighted by molar-refractivity contribution is -0.148. The molecular weight excluding hydrogens is 644 g/mol. The molecule has 2 aromatic carbocycles. The van der Waals surface area contributed by atoms with Gasteiger partial charge < -0.3 is 40.3 Å². The van der Waals surface area contributed by atoms with Crippen molar-refractivity contribution in [2.24, 2.45) is 0 Å². The maximum absolute atomic E-state index is 12.1. The molecule has 2 aliphatic carbocycles. The molecule has 2 aliphatic rings. The Morgan fingerprint density at radius 2 is 1.81 bits per heavy atom. The molecule has 2 saturated carbocycles. The molecule has 254 valence electrons. The number of hydrogen-bond acceptors (Lipinski definition) is 10. The molecule has 5 rings (SSSR count). The van der Waals surface area contributed by atoms with Gasteiger partial charge in [0.1, 0.15) is 24.1 Å². The van der Waals surface area contributed by atoms with Crippen molar-refractivity contribution in [1.29, 1.82) is 0 Å². The van der Waals surface area contributed by atoms with Gasteiger partial charge in [0.25, 0.3) is 5.91 Å². The first-order valence-electron chi connectivity index (χ1n) is 16.1. The Morgan fingerprint density at radius 3 is 2.55 bits per heavy atom. The highest BCUT2D eigenvalue weighted by molar-refractivity contribution is 7.99. The minimum absolute atomic E-state index is 0.286. The molecule has 6 N–H and O–H groups in total. The molecule has 0 bridgehead atoms. The second-order valence-electron chi connectivity index (χ2n) is 12.1. The summed E-state index contributed by atoms with van der Waals surface area (Å²) in [6, 6.07) is 16.2. The molecule has 0 radical (unpaired) electrons. The zero-order valence-electron chi connectivity index (χ0n) is 26.1. The lowest BCUT2D eigenvalue weighted by Gasteiger charge is -2.24. The highest BCUT2D eigenvalue weighted by Gasteiger charge is 2.48. The molecule has 10 nitrogen and oxygen atoms in total. The number of aliphatic hydroxyl groups is 5. The number of pyridine rings is 1. The number of benzene rings is 2. The van der Waals surface area contributed by atoms with E-state index in [1.807, 2.05) is 48.8 Å². The van der Waals surface area contributed by atoms with Crippen molar-refractivity contribution in [1.82, 2.24) is 10.3 Å². The standard InChI is InChI=1S/C35H43ClN2O8S/c36-28-11-10-24(47-17-5-1-4-15-38-34(44)33(43)32(42)31(41)29(40)20-39)18-22(28)21-45-35(13-14-35)27-19-37-16-12-25(27)26-6-2-3-7-30(26)46-23-8-9-23/h2-3,6-7,10-12,16,18-19,23,29,31-33,39-43H,1,4-5,8-9,13-15,17,20-21H2,(H,38,44)/t29-,31+,32-,33-/m0/s1. The van der Waals surface area contributed by atoms with Crippen LogP contribution in [0.2, 0.25) is 5.02 Å². The summed E-state index contributed by atoms with van der Waals surface area (Å²) in [7, 11) is 0. The fourth-order valence-corrected chi connectivity index (χ4v) is 6.46. The number of carbonyl (C=O) groups excluding carboxylic acids is 1. The fourth-order valence-electron chi connectivity index (χ4n) is 5.31. The molecule has 0 saturated heterocycles. The van der Waals surface area contributed by atoms with E-state index in [9.17, 15) is 25.2 Å². The minimum Gasteiger partial charge on any atom is -0.490 e. The van der Waals surface area contributed by atoms with Gasteiger partial charge in [0, 0.05) is 40.0 Å². The summed E-state index contributed by atoms with van der Waals surface area (Å²) >= 11 is 8.31. The van der Waals surface area contributed by atoms with Crippen LogP contribution in [0.3, 0.4) is 0 Å².